The monoisotopic (exact) mass is 142 g/mol. The number of allylic oxidation sites excluding steroid dienone is 2. The average Bonchev–Trinajstić information content (AvgIpc) is 1.89. The predicted octanol–water partition coefficient (Wildman–Crippen LogP) is 2.69. The lowest BCUT2D eigenvalue weighted by Crippen LogP contribution is -1.85. The van der Waals surface area contributed by atoms with Crippen LogP contribution in [0.3, 0.4) is 0 Å². The first-order chi connectivity index (χ1) is 4.72. The lowest BCUT2D eigenvalue weighted by atomic mass is 10.3. The topological polar surface area (TPSA) is 40.5 Å². The molecule has 0 aromatic rings. The van der Waals surface area contributed by atoms with Crippen LogP contribution in [-0.2, 0) is 0 Å². The molecule has 0 amide bonds. The van der Waals surface area contributed by atoms with Crippen molar-refractivity contribution in [1.82, 2.24) is 0 Å². The number of rotatable bonds is 3. The van der Waals surface area contributed by atoms with Gasteiger partial charge in [0.25, 0.3) is 0 Å². The first-order valence-corrected chi connectivity index (χ1v) is 3.51. The standard InChI is InChI=1S/C8H14O2/c1-3-5-7(9)8(10)6-4-2/h5-6,9-10H,3-4H2,1-2H3. The van der Waals surface area contributed by atoms with E-state index in [9.17, 15) is 0 Å². The summed E-state index contributed by atoms with van der Waals surface area (Å²) in [5.41, 5.74) is 0. The third kappa shape index (κ3) is 3.17. The molecule has 0 atom stereocenters. The molecule has 0 heterocycles. The molecule has 0 saturated heterocycles. The molecular weight excluding hydrogens is 128 g/mol. The number of hydrogen-bond acceptors (Lipinski definition) is 2. The van der Waals surface area contributed by atoms with Gasteiger partial charge < -0.3 is 10.2 Å². The third-order valence-corrected chi connectivity index (χ3v) is 1.06. The van der Waals surface area contributed by atoms with E-state index in [1.165, 1.54) is 0 Å². The molecule has 2 N–H and O–H groups in total. The molecule has 0 aliphatic carbocycles. The van der Waals surface area contributed by atoms with Crippen molar-refractivity contribution >= 4 is 0 Å². The lowest BCUT2D eigenvalue weighted by Gasteiger charge is -1.95. The maximum atomic E-state index is 8.99. The summed E-state index contributed by atoms with van der Waals surface area (Å²) in [6.45, 7) is 3.80. The Balaban J connectivity index is 4.06. The van der Waals surface area contributed by atoms with Crippen LogP contribution in [0.25, 0.3) is 0 Å². The van der Waals surface area contributed by atoms with E-state index in [2.05, 4.69) is 0 Å². The largest absolute Gasteiger partial charge is 0.504 e. The van der Waals surface area contributed by atoms with E-state index in [0.29, 0.717) is 0 Å². The van der Waals surface area contributed by atoms with Crippen LogP contribution in [0.2, 0.25) is 0 Å². The second kappa shape index (κ2) is 4.91. The zero-order valence-electron chi connectivity index (χ0n) is 6.46. The van der Waals surface area contributed by atoms with E-state index >= 15 is 0 Å². The average molecular weight is 142 g/mol. The zero-order valence-corrected chi connectivity index (χ0v) is 6.46. The highest BCUT2D eigenvalue weighted by Gasteiger charge is 1.95. The zero-order chi connectivity index (χ0) is 7.98. The minimum atomic E-state index is -0.0237. The Morgan fingerprint density at radius 3 is 1.50 bits per heavy atom. The van der Waals surface area contributed by atoms with Crippen LogP contribution in [0.5, 0.6) is 0 Å². The molecule has 0 radical (unpaired) electrons. The van der Waals surface area contributed by atoms with Crippen molar-refractivity contribution in [2.24, 2.45) is 0 Å². The quantitative estimate of drug-likeness (QED) is 0.469. The Labute approximate surface area is 61.5 Å². The summed E-state index contributed by atoms with van der Waals surface area (Å²) in [7, 11) is 0. The van der Waals surface area contributed by atoms with Crippen molar-refractivity contribution in [2.45, 2.75) is 26.7 Å². The smallest absolute Gasteiger partial charge is 0.152 e. The van der Waals surface area contributed by atoms with Crippen LogP contribution in [0.1, 0.15) is 26.7 Å². The highest BCUT2D eigenvalue weighted by atomic mass is 16.3. The van der Waals surface area contributed by atoms with Gasteiger partial charge in [0.1, 0.15) is 0 Å². The highest BCUT2D eigenvalue weighted by molar-refractivity contribution is 5.16. The van der Waals surface area contributed by atoms with Crippen LogP contribution in [-0.4, -0.2) is 10.2 Å². The molecule has 0 saturated carbocycles. The first-order valence-electron chi connectivity index (χ1n) is 3.51. The molecule has 0 aliphatic heterocycles. The maximum absolute atomic E-state index is 8.99. The van der Waals surface area contributed by atoms with Crippen molar-refractivity contribution in [3.05, 3.63) is 23.7 Å². The van der Waals surface area contributed by atoms with Gasteiger partial charge in [0, 0.05) is 0 Å². The summed E-state index contributed by atoms with van der Waals surface area (Å²) in [6.07, 6.45) is 4.60. The van der Waals surface area contributed by atoms with Crippen molar-refractivity contribution in [1.29, 1.82) is 0 Å². The predicted molar refractivity (Wildman–Crippen MR) is 42.0 cm³/mol. The molecule has 0 fully saturated rings. The fourth-order valence-electron chi connectivity index (χ4n) is 0.596. The third-order valence-electron chi connectivity index (χ3n) is 1.06. The summed E-state index contributed by atoms with van der Waals surface area (Å²) in [6, 6.07) is 0. The van der Waals surface area contributed by atoms with E-state index in [4.69, 9.17) is 10.2 Å². The van der Waals surface area contributed by atoms with Crippen LogP contribution in [0.4, 0.5) is 0 Å². The molecule has 0 aliphatic rings. The Kier molecular flexibility index (Phi) is 4.46. The second-order valence-electron chi connectivity index (χ2n) is 2.00. The molecule has 2 nitrogen and oxygen atoms in total. The van der Waals surface area contributed by atoms with Gasteiger partial charge >= 0.3 is 0 Å². The number of aliphatic hydroxyl groups excluding tert-OH is 2. The van der Waals surface area contributed by atoms with Crippen molar-refractivity contribution in [3.63, 3.8) is 0 Å². The van der Waals surface area contributed by atoms with E-state index in [1.807, 2.05) is 13.8 Å². The Bertz CT molecular complexity index is 127. The lowest BCUT2D eigenvalue weighted by molar-refractivity contribution is 0.323. The molecule has 10 heavy (non-hydrogen) atoms. The Morgan fingerprint density at radius 1 is 1.00 bits per heavy atom. The molecule has 0 aromatic heterocycles. The van der Waals surface area contributed by atoms with Gasteiger partial charge in [-0.05, 0) is 25.0 Å². The van der Waals surface area contributed by atoms with E-state index < -0.39 is 0 Å². The molecule has 0 spiro atoms. The molecule has 0 rings (SSSR count). The maximum Gasteiger partial charge on any atom is 0.152 e. The van der Waals surface area contributed by atoms with Crippen molar-refractivity contribution in [2.75, 3.05) is 0 Å². The van der Waals surface area contributed by atoms with Gasteiger partial charge in [0.2, 0.25) is 0 Å². The highest BCUT2D eigenvalue weighted by Crippen LogP contribution is 2.03. The summed E-state index contributed by atoms with van der Waals surface area (Å²) in [4.78, 5) is 0. The molecule has 0 aromatic carbocycles. The minimum absolute atomic E-state index is 0.0237. The summed E-state index contributed by atoms with van der Waals surface area (Å²) >= 11 is 0. The Hall–Kier alpha value is -0.920. The fourth-order valence-corrected chi connectivity index (χ4v) is 0.596. The van der Waals surface area contributed by atoms with Gasteiger partial charge in [-0.15, -0.1) is 0 Å². The molecule has 2 heteroatoms. The number of hydrogen-bond donors (Lipinski definition) is 2. The summed E-state index contributed by atoms with van der Waals surface area (Å²) < 4.78 is 0. The molecule has 58 valence electrons. The summed E-state index contributed by atoms with van der Waals surface area (Å²) in [5.74, 6) is -0.0475. The van der Waals surface area contributed by atoms with Crippen LogP contribution >= 0.6 is 0 Å². The van der Waals surface area contributed by atoms with Gasteiger partial charge in [-0.1, -0.05) is 13.8 Å². The van der Waals surface area contributed by atoms with Gasteiger partial charge in [-0.2, -0.15) is 0 Å². The van der Waals surface area contributed by atoms with Gasteiger partial charge in [0.15, 0.2) is 11.5 Å². The van der Waals surface area contributed by atoms with Gasteiger partial charge in [-0.3, -0.25) is 0 Å². The van der Waals surface area contributed by atoms with E-state index in [1.54, 1.807) is 12.2 Å². The van der Waals surface area contributed by atoms with Crippen molar-refractivity contribution < 1.29 is 10.2 Å². The second-order valence-corrected chi connectivity index (χ2v) is 2.00. The van der Waals surface area contributed by atoms with Crippen molar-refractivity contribution in [3.8, 4) is 0 Å². The minimum Gasteiger partial charge on any atom is -0.504 e. The normalized spacial score (nSPS) is 13.8. The van der Waals surface area contributed by atoms with Gasteiger partial charge in [0.05, 0.1) is 0 Å². The van der Waals surface area contributed by atoms with Crippen LogP contribution in [0, 0.1) is 0 Å². The summed E-state index contributed by atoms with van der Waals surface area (Å²) in [5, 5.41) is 18.0. The number of aliphatic hydroxyl groups is 2. The van der Waals surface area contributed by atoms with Crippen LogP contribution < -0.4 is 0 Å². The SMILES string of the molecule is CCC=C(O)C(O)=CCC. The molecule has 0 bridgehead atoms. The van der Waals surface area contributed by atoms with E-state index in [0.717, 1.165) is 12.8 Å². The molecular formula is C8H14O2. The Morgan fingerprint density at radius 2 is 1.30 bits per heavy atom. The van der Waals surface area contributed by atoms with E-state index in [-0.39, 0.29) is 11.5 Å². The van der Waals surface area contributed by atoms with Crippen LogP contribution in [0.15, 0.2) is 23.7 Å². The fraction of sp³-hybridized carbons (Fsp3) is 0.500. The molecule has 0 unspecified atom stereocenters. The first kappa shape index (κ1) is 9.08. The van der Waals surface area contributed by atoms with Gasteiger partial charge in [-0.25, -0.2) is 0 Å².